The Kier molecular flexibility index (Phi) is 3.12. The first-order chi connectivity index (χ1) is 6.57. The molecule has 0 aliphatic carbocycles. The molecule has 0 spiro atoms. The highest BCUT2D eigenvalue weighted by Gasteiger charge is 2.17. The van der Waals surface area contributed by atoms with E-state index < -0.39 is 11.9 Å². The standard InChI is InChI=1S/C11H14O3/c1-7-9(8(2)11(12)13)5-4-6-10(7)14-3/h4-6,8H,1-3H3,(H,12,13). The lowest BCUT2D eigenvalue weighted by Gasteiger charge is -2.13. The summed E-state index contributed by atoms with van der Waals surface area (Å²) in [5.41, 5.74) is 1.70. The topological polar surface area (TPSA) is 46.5 Å². The lowest BCUT2D eigenvalue weighted by atomic mass is 9.96. The van der Waals surface area contributed by atoms with Crippen molar-refractivity contribution in [3.05, 3.63) is 29.3 Å². The monoisotopic (exact) mass is 194 g/mol. The first-order valence-corrected chi connectivity index (χ1v) is 4.44. The minimum Gasteiger partial charge on any atom is -0.496 e. The smallest absolute Gasteiger partial charge is 0.310 e. The fourth-order valence-electron chi connectivity index (χ4n) is 1.45. The van der Waals surface area contributed by atoms with Crippen molar-refractivity contribution < 1.29 is 14.6 Å². The number of methoxy groups -OCH3 is 1. The Hall–Kier alpha value is -1.51. The summed E-state index contributed by atoms with van der Waals surface area (Å²) in [6.45, 7) is 3.54. The molecule has 1 rings (SSSR count). The molecule has 0 aromatic heterocycles. The van der Waals surface area contributed by atoms with Crippen LogP contribution in [0.2, 0.25) is 0 Å². The largest absolute Gasteiger partial charge is 0.496 e. The molecule has 76 valence electrons. The van der Waals surface area contributed by atoms with E-state index in [1.165, 1.54) is 0 Å². The van der Waals surface area contributed by atoms with Crippen molar-refractivity contribution in [2.75, 3.05) is 7.11 Å². The van der Waals surface area contributed by atoms with Gasteiger partial charge in [-0.05, 0) is 31.0 Å². The van der Waals surface area contributed by atoms with Gasteiger partial charge in [-0.3, -0.25) is 4.79 Å². The molecule has 14 heavy (non-hydrogen) atoms. The van der Waals surface area contributed by atoms with Gasteiger partial charge < -0.3 is 9.84 Å². The SMILES string of the molecule is COc1cccc(C(C)C(=O)O)c1C. The number of carboxylic acids is 1. The van der Waals surface area contributed by atoms with Crippen LogP contribution in [0.3, 0.4) is 0 Å². The number of rotatable bonds is 3. The molecule has 0 fully saturated rings. The molecular formula is C11H14O3. The summed E-state index contributed by atoms with van der Waals surface area (Å²) in [6, 6.07) is 5.45. The zero-order valence-corrected chi connectivity index (χ0v) is 8.57. The highest BCUT2D eigenvalue weighted by atomic mass is 16.5. The van der Waals surface area contributed by atoms with Crippen LogP contribution in [0.25, 0.3) is 0 Å². The number of carboxylic acid groups (broad SMARTS) is 1. The van der Waals surface area contributed by atoms with E-state index >= 15 is 0 Å². The second kappa shape index (κ2) is 4.13. The van der Waals surface area contributed by atoms with Crippen LogP contribution >= 0.6 is 0 Å². The van der Waals surface area contributed by atoms with Crippen LogP contribution in [-0.2, 0) is 4.79 Å². The molecule has 0 saturated carbocycles. The van der Waals surface area contributed by atoms with Gasteiger partial charge in [-0.25, -0.2) is 0 Å². The Morgan fingerprint density at radius 2 is 2.14 bits per heavy atom. The lowest BCUT2D eigenvalue weighted by molar-refractivity contribution is -0.138. The molecule has 1 unspecified atom stereocenters. The highest BCUT2D eigenvalue weighted by molar-refractivity contribution is 5.76. The third-order valence-corrected chi connectivity index (χ3v) is 2.38. The normalized spacial score (nSPS) is 12.2. The Balaban J connectivity index is 3.15. The van der Waals surface area contributed by atoms with Crippen LogP contribution in [0.5, 0.6) is 5.75 Å². The molecule has 1 atom stereocenters. The van der Waals surface area contributed by atoms with Crippen molar-refractivity contribution in [1.29, 1.82) is 0 Å². The Morgan fingerprint density at radius 1 is 1.50 bits per heavy atom. The van der Waals surface area contributed by atoms with Crippen molar-refractivity contribution in [3.63, 3.8) is 0 Å². The highest BCUT2D eigenvalue weighted by Crippen LogP contribution is 2.26. The molecule has 1 aromatic rings. The van der Waals surface area contributed by atoms with Gasteiger partial charge in [-0.2, -0.15) is 0 Å². The molecule has 0 aliphatic heterocycles. The number of aliphatic carboxylic acids is 1. The third-order valence-electron chi connectivity index (χ3n) is 2.38. The average molecular weight is 194 g/mol. The minimum absolute atomic E-state index is 0.495. The van der Waals surface area contributed by atoms with E-state index in [4.69, 9.17) is 9.84 Å². The van der Waals surface area contributed by atoms with E-state index in [0.717, 1.165) is 16.9 Å². The van der Waals surface area contributed by atoms with Crippen molar-refractivity contribution in [1.82, 2.24) is 0 Å². The number of benzene rings is 1. The van der Waals surface area contributed by atoms with Crippen LogP contribution in [0.15, 0.2) is 18.2 Å². The molecule has 0 amide bonds. The van der Waals surface area contributed by atoms with Gasteiger partial charge in [0.2, 0.25) is 0 Å². The molecule has 0 heterocycles. The first-order valence-electron chi connectivity index (χ1n) is 4.44. The van der Waals surface area contributed by atoms with E-state index in [9.17, 15) is 4.79 Å². The molecule has 0 radical (unpaired) electrons. The van der Waals surface area contributed by atoms with E-state index in [1.807, 2.05) is 19.1 Å². The van der Waals surface area contributed by atoms with Crippen LogP contribution in [0.4, 0.5) is 0 Å². The van der Waals surface area contributed by atoms with E-state index in [-0.39, 0.29) is 0 Å². The fraction of sp³-hybridized carbons (Fsp3) is 0.364. The van der Waals surface area contributed by atoms with E-state index in [0.29, 0.717) is 0 Å². The predicted octanol–water partition coefficient (Wildman–Crippen LogP) is 2.19. The van der Waals surface area contributed by atoms with Crippen LogP contribution < -0.4 is 4.74 Å². The first kappa shape index (κ1) is 10.6. The molecule has 0 saturated heterocycles. The summed E-state index contributed by atoms with van der Waals surface area (Å²) in [6.07, 6.45) is 0. The number of hydrogen-bond acceptors (Lipinski definition) is 2. The average Bonchev–Trinajstić information content (AvgIpc) is 2.17. The van der Waals surface area contributed by atoms with Gasteiger partial charge in [0.15, 0.2) is 0 Å². The van der Waals surface area contributed by atoms with Crippen LogP contribution in [-0.4, -0.2) is 18.2 Å². The number of ether oxygens (including phenoxy) is 1. The second-order valence-corrected chi connectivity index (χ2v) is 3.23. The summed E-state index contributed by atoms with van der Waals surface area (Å²) in [5.74, 6) is -0.581. The van der Waals surface area contributed by atoms with E-state index in [2.05, 4.69) is 0 Å². The summed E-state index contributed by atoms with van der Waals surface area (Å²) in [4.78, 5) is 10.8. The van der Waals surface area contributed by atoms with Gasteiger partial charge in [0.1, 0.15) is 5.75 Å². The Morgan fingerprint density at radius 3 is 2.64 bits per heavy atom. The summed E-state index contributed by atoms with van der Waals surface area (Å²) in [7, 11) is 1.58. The molecule has 3 heteroatoms. The molecule has 0 aliphatic rings. The van der Waals surface area contributed by atoms with Crippen molar-refractivity contribution >= 4 is 5.97 Å². The second-order valence-electron chi connectivity index (χ2n) is 3.23. The zero-order valence-electron chi connectivity index (χ0n) is 8.57. The fourth-order valence-corrected chi connectivity index (χ4v) is 1.45. The molecule has 1 aromatic carbocycles. The third kappa shape index (κ3) is 1.87. The van der Waals surface area contributed by atoms with Crippen LogP contribution in [0, 0.1) is 6.92 Å². The van der Waals surface area contributed by atoms with Gasteiger partial charge in [0, 0.05) is 0 Å². The van der Waals surface area contributed by atoms with Gasteiger partial charge in [-0.15, -0.1) is 0 Å². The molecule has 1 N–H and O–H groups in total. The minimum atomic E-state index is -0.818. The van der Waals surface area contributed by atoms with Gasteiger partial charge >= 0.3 is 5.97 Å². The maximum atomic E-state index is 10.8. The molecule has 3 nitrogen and oxygen atoms in total. The summed E-state index contributed by atoms with van der Waals surface area (Å²) in [5, 5.41) is 8.88. The van der Waals surface area contributed by atoms with Gasteiger partial charge in [0.05, 0.1) is 13.0 Å². The Labute approximate surface area is 83.3 Å². The zero-order chi connectivity index (χ0) is 10.7. The van der Waals surface area contributed by atoms with Gasteiger partial charge in [0.25, 0.3) is 0 Å². The maximum Gasteiger partial charge on any atom is 0.310 e. The van der Waals surface area contributed by atoms with E-state index in [1.54, 1.807) is 20.1 Å². The predicted molar refractivity (Wildman–Crippen MR) is 53.8 cm³/mol. The summed E-state index contributed by atoms with van der Waals surface area (Å²) < 4.78 is 5.12. The quantitative estimate of drug-likeness (QED) is 0.802. The van der Waals surface area contributed by atoms with Crippen molar-refractivity contribution in [3.8, 4) is 5.75 Å². The van der Waals surface area contributed by atoms with Crippen molar-refractivity contribution in [2.45, 2.75) is 19.8 Å². The summed E-state index contributed by atoms with van der Waals surface area (Å²) >= 11 is 0. The van der Waals surface area contributed by atoms with Crippen LogP contribution in [0.1, 0.15) is 24.0 Å². The number of carbonyl (C=O) groups is 1. The molecule has 0 bridgehead atoms. The molecular weight excluding hydrogens is 180 g/mol. The van der Waals surface area contributed by atoms with Gasteiger partial charge in [-0.1, -0.05) is 12.1 Å². The van der Waals surface area contributed by atoms with Crippen molar-refractivity contribution in [2.24, 2.45) is 0 Å². The Bertz CT molecular complexity index is 344. The maximum absolute atomic E-state index is 10.8. The number of hydrogen-bond donors (Lipinski definition) is 1. The lowest BCUT2D eigenvalue weighted by Crippen LogP contribution is -2.09.